The normalized spacial score (nSPS) is 12.6. The summed E-state index contributed by atoms with van der Waals surface area (Å²) < 4.78 is 15.8. The Labute approximate surface area is 213 Å². The molecule has 2 amide bonds. The number of halogens is 1. The summed E-state index contributed by atoms with van der Waals surface area (Å²) in [6.45, 7) is 6.02. The van der Waals surface area contributed by atoms with Gasteiger partial charge >= 0.3 is 6.09 Å². The summed E-state index contributed by atoms with van der Waals surface area (Å²) in [5.41, 5.74) is 0.405. The highest BCUT2D eigenvalue weighted by Gasteiger charge is 2.27. The number of aromatic nitrogens is 3. The Morgan fingerprint density at radius 2 is 1.95 bits per heavy atom. The Bertz CT molecular complexity index is 1340. The van der Waals surface area contributed by atoms with Crippen LogP contribution < -0.4 is 16.0 Å². The smallest absolute Gasteiger partial charge is 0.405 e. The molecule has 0 bridgehead atoms. The van der Waals surface area contributed by atoms with Gasteiger partial charge < -0.3 is 26.2 Å². The summed E-state index contributed by atoms with van der Waals surface area (Å²) in [7, 11) is 0. The molecule has 3 aromatic heterocycles. The number of alkyl halides is 1. The lowest BCUT2D eigenvalue weighted by Gasteiger charge is -2.25. The van der Waals surface area contributed by atoms with Gasteiger partial charge in [0.15, 0.2) is 0 Å². The number of anilines is 1. The average molecular weight is 512 g/mol. The van der Waals surface area contributed by atoms with Crippen molar-refractivity contribution in [1.29, 1.82) is 5.26 Å². The van der Waals surface area contributed by atoms with Crippen LogP contribution in [0.3, 0.4) is 0 Å². The minimum absolute atomic E-state index is 0.149. The standard InChI is InChI=1S/C25H30FN7O4/c1-24(2,32-23(35)36)7-8-28-18-10-19(20-6-5-16-9-15(11-27)12-31-33(16)20)29-13-17(18)22(34)30-14-21(26)25(3,4)37/h5-6,9-10,12-13,21,32,37H,7-8,14H2,1-4H3,(H,28,29)(H,30,34)(H,35,36). The highest BCUT2D eigenvalue weighted by Crippen LogP contribution is 2.26. The van der Waals surface area contributed by atoms with Crippen LogP contribution in [0, 0.1) is 11.3 Å². The molecule has 0 fully saturated rings. The van der Waals surface area contributed by atoms with Gasteiger partial charge in [0.05, 0.1) is 52.1 Å². The first-order valence-corrected chi connectivity index (χ1v) is 11.6. The van der Waals surface area contributed by atoms with E-state index < -0.39 is 35.9 Å². The molecule has 0 saturated heterocycles. The van der Waals surface area contributed by atoms with Gasteiger partial charge in [0, 0.05) is 18.3 Å². The molecule has 3 heterocycles. The van der Waals surface area contributed by atoms with Crippen LogP contribution in [0.5, 0.6) is 0 Å². The molecule has 3 rings (SSSR count). The number of nitrogens with zero attached hydrogens (tertiary/aromatic N) is 4. The molecule has 0 aromatic carbocycles. The third-order valence-electron chi connectivity index (χ3n) is 5.76. The van der Waals surface area contributed by atoms with Gasteiger partial charge in [0.2, 0.25) is 0 Å². The molecule has 0 saturated carbocycles. The molecule has 196 valence electrons. The number of hydrogen-bond acceptors (Lipinski definition) is 7. The summed E-state index contributed by atoms with van der Waals surface area (Å²) in [5.74, 6) is -0.590. The Morgan fingerprint density at radius 3 is 2.59 bits per heavy atom. The average Bonchev–Trinajstić information content (AvgIpc) is 3.23. The number of pyridine rings is 1. The van der Waals surface area contributed by atoms with Crippen molar-refractivity contribution in [1.82, 2.24) is 25.2 Å². The second kappa shape index (κ2) is 10.8. The number of hydrogen-bond donors (Lipinski definition) is 5. The van der Waals surface area contributed by atoms with E-state index >= 15 is 0 Å². The lowest BCUT2D eigenvalue weighted by Crippen LogP contribution is -2.44. The number of carboxylic acid groups (broad SMARTS) is 1. The second-order valence-electron chi connectivity index (χ2n) is 9.85. The summed E-state index contributed by atoms with van der Waals surface area (Å²) in [6, 6.07) is 8.95. The highest BCUT2D eigenvalue weighted by atomic mass is 19.1. The molecule has 1 atom stereocenters. The molecular formula is C25H30FN7O4. The summed E-state index contributed by atoms with van der Waals surface area (Å²) in [6.07, 6.45) is 0.366. The van der Waals surface area contributed by atoms with Gasteiger partial charge in [-0.25, -0.2) is 13.7 Å². The highest BCUT2D eigenvalue weighted by molar-refractivity contribution is 6.00. The van der Waals surface area contributed by atoms with Crippen LogP contribution >= 0.6 is 0 Å². The molecule has 0 aliphatic heterocycles. The van der Waals surface area contributed by atoms with Crippen molar-refractivity contribution in [3.63, 3.8) is 0 Å². The minimum Gasteiger partial charge on any atom is -0.465 e. The predicted octanol–water partition coefficient (Wildman–Crippen LogP) is 2.95. The van der Waals surface area contributed by atoms with Gasteiger partial charge in [0.1, 0.15) is 12.2 Å². The van der Waals surface area contributed by atoms with Crippen molar-refractivity contribution >= 4 is 23.2 Å². The first-order valence-electron chi connectivity index (χ1n) is 11.6. The quantitative estimate of drug-likeness (QED) is 0.277. The number of amides is 2. The SMILES string of the molecule is CC(C)(CCNc1cc(-c2ccc3cc(C#N)cnn23)ncc1C(=O)NCC(F)C(C)(C)O)NC(=O)O. The Kier molecular flexibility index (Phi) is 7.98. The van der Waals surface area contributed by atoms with E-state index in [4.69, 9.17) is 10.4 Å². The van der Waals surface area contributed by atoms with Crippen LogP contribution in [0.2, 0.25) is 0 Å². The number of nitriles is 1. The van der Waals surface area contributed by atoms with Crippen molar-refractivity contribution in [3.05, 3.63) is 47.8 Å². The van der Waals surface area contributed by atoms with Crippen LogP contribution in [0.25, 0.3) is 16.9 Å². The predicted molar refractivity (Wildman–Crippen MR) is 135 cm³/mol. The van der Waals surface area contributed by atoms with Crippen molar-refractivity contribution in [2.75, 3.05) is 18.4 Å². The molecule has 0 spiro atoms. The lowest BCUT2D eigenvalue weighted by atomic mass is 10.0. The number of fused-ring (bicyclic) bond motifs is 1. The van der Waals surface area contributed by atoms with Gasteiger partial charge in [-0.3, -0.25) is 9.78 Å². The molecule has 37 heavy (non-hydrogen) atoms. The van der Waals surface area contributed by atoms with Crippen molar-refractivity contribution in [2.45, 2.75) is 51.4 Å². The zero-order valence-corrected chi connectivity index (χ0v) is 21.0. The van der Waals surface area contributed by atoms with E-state index in [9.17, 15) is 19.1 Å². The molecule has 0 radical (unpaired) electrons. The topological polar surface area (TPSA) is 165 Å². The fourth-order valence-electron chi connectivity index (χ4n) is 3.57. The van der Waals surface area contributed by atoms with Crippen LogP contribution in [-0.4, -0.2) is 67.2 Å². The van der Waals surface area contributed by atoms with E-state index in [1.54, 1.807) is 42.6 Å². The molecule has 5 N–H and O–H groups in total. The maximum Gasteiger partial charge on any atom is 0.405 e. The maximum atomic E-state index is 14.2. The van der Waals surface area contributed by atoms with Crippen molar-refractivity contribution in [3.8, 4) is 17.5 Å². The van der Waals surface area contributed by atoms with E-state index in [-0.39, 0.29) is 5.56 Å². The van der Waals surface area contributed by atoms with Crippen LogP contribution in [0.15, 0.2) is 36.7 Å². The van der Waals surface area contributed by atoms with Crippen LogP contribution in [0.4, 0.5) is 14.9 Å². The van der Waals surface area contributed by atoms with Crippen molar-refractivity contribution < 1.29 is 24.2 Å². The zero-order chi connectivity index (χ0) is 27.4. The summed E-state index contributed by atoms with van der Waals surface area (Å²) >= 11 is 0. The number of rotatable bonds is 10. The Morgan fingerprint density at radius 1 is 1.22 bits per heavy atom. The molecule has 12 heteroatoms. The number of aliphatic hydroxyl groups is 1. The van der Waals surface area contributed by atoms with Gasteiger partial charge in [-0.1, -0.05) is 0 Å². The molecular weight excluding hydrogens is 481 g/mol. The summed E-state index contributed by atoms with van der Waals surface area (Å²) in [5, 5.41) is 40.3. The monoisotopic (exact) mass is 511 g/mol. The second-order valence-corrected chi connectivity index (χ2v) is 9.85. The Balaban J connectivity index is 1.91. The summed E-state index contributed by atoms with van der Waals surface area (Å²) in [4.78, 5) is 28.4. The third kappa shape index (κ3) is 6.92. The third-order valence-corrected chi connectivity index (χ3v) is 5.76. The minimum atomic E-state index is -1.68. The van der Waals surface area contributed by atoms with Crippen molar-refractivity contribution in [2.24, 2.45) is 0 Å². The van der Waals surface area contributed by atoms with E-state index in [0.29, 0.717) is 41.1 Å². The van der Waals surface area contributed by atoms with Gasteiger partial charge in [-0.15, -0.1) is 0 Å². The lowest BCUT2D eigenvalue weighted by molar-refractivity contribution is -0.00177. The molecule has 11 nitrogen and oxygen atoms in total. The first-order chi connectivity index (χ1) is 17.3. The maximum absolute atomic E-state index is 14.2. The number of nitrogens with one attached hydrogen (secondary N) is 3. The van der Waals surface area contributed by atoms with Crippen LogP contribution in [-0.2, 0) is 0 Å². The van der Waals surface area contributed by atoms with Gasteiger partial charge in [0.25, 0.3) is 5.91 Å². The van der Waals surface area contributed by atoms with E-state index in [1.165, 1.54) is 26.2 Å². The fraction of sp³-hybridized carbons (Fsp3) is 0.400. The van der Waals surface area contributed by atoms with Crippen LogP contribution in [0.1, 0.15) is 50.0 Å². The molecule has 0 aliphatic rings. The molecule has 0 aliphatic carbocycles. The number of carbonyl (C=O) groups is 2. The molecule has 1 unspecified atom stereocenters. The van der Waals surface area contributed by atoms with E-state index in [2.05, 4.69) is 26.0 Å². The zero-order valence-electron chi connectivity index (χ0n) is 21.0. The van der Waals surface area contributed by atoms with Gasteiger partial charge in [-0.2, -0.15) is 10.4 Å². The van der Waals surface area contributed by atoms with E-state index in [1.807, 2.05) is 6.07 Å². The first kappa shape index (κ1) is 27.3. The largest absolute Gasteiger partial charge is 0.465 e. The van der Waals surface area contributed by atoms with E-state index in [0.717, 1.165) is 0 Å². The molecule has 3 aromatic rings. The fourth-order valence-corrected chi connectivity index (χ4v) is 3.57. The Hall–Kier alpha value is -4.24. The van der Waals surface area contributed by atoms with Gasteiger partial charge in [-0.05, 0) is 58.4 Å². The number of carbonyl (C=O) groups excluding carboxylic acids is 1.